The van der Waals surface area contributed by atoms with E-state index in [0.29, 0.717) is 27.8 Å². The molecule has 2 rings (SSSR count). The topological polar surface area (TPSA) is 35.0 Å². The number of aromatic nitrogens is 2. The van der Waals surface area contributed by atoms with Crippen LogP contribution in [0.15, 0.2) is 18.2 Å². The molecule has 0 bridgehead atoms. The molecule has 3 nitrogen and oxygen atoms in total. The van der Waals surface area contributed by atoms with Crippen LogP contribution < -0.4 is 4.74 Å². The largest absolute Gasteiger partial charge is 0.494 e. The summed E-state index contributed by atoms with van der Waals surface area (Å²) >= 11 is 6.13. The fraction of sp³-hybridized carbons (Fsp3) is 0.333. The lowest BCUT2D eigenvalue weighted by Crippen LogP contribution is -2.03. The molecule has 0 saturated carbocycles. The molecule has 0 N–H and O–H groups in total. The molecule has 0 atom stereocenters. The Morgan fingerprint density at radius 3 is 2.55 bits per heavy atom. The van der Waals surface area contributed by atoms with Crippen molar-refractivity contribution in [3.05, 3.63) is 40.6 Å². The molecule has 0 unspecified atom stereocenters. The van der Waals surface area contributed by atoms with E-state index in [-0.39, 0.29) is 11.7 Å². The van der Waals surface area contributed by atoms with Gasteiger partial charge in [0, 0.05) is 17.0 Å². The summed E-state index contributed by atoms with van der Waals surface area (Å²) < 4.78 is 19.4. The zero-order valence-corrected chi connectivity index (χ0v) is 12.6. The van der Waals surface area contributed by atoms with Crippen molar-refractivity contribution in [3.8, 4) is 17.0 Å². The summed E-state index contributed by atoms with van der Waals surface area (Å²) in [5.41, 5.74) is 1.53. The summed E-state index contributed by atoms with van der Waals surface area (Å²) in [6.07, 6.45) is 0. The lowest BCUT2D eigenvalue weighted by Gasteiger charge is -2.13. The highest BCUT2D eigenvalue weighted by Crippen LogP contribution is 2.32. The van der Waals surface area contributed by atoms with Gasteiger partial charge in [-0.25, -0.2) is 14.4 Å². The normalized spacial score (nSPS) is 10.9. The van der Waals surface area contributed by atoms with Gasteiger partial charge in [0.15, 0.2) is 11.6 Å². The monoisotopic (exact) mass is 294 g/mol. The van der Waals surface area contributed by atoms with Crippen LogP contribution in [-0.4, -0.2) is 17.1 Å². The van der Waals surface area contributed by atoms with Gasteiger partial charge in [0.2, 0.25) is 0 Å². The van der Waals surface area contributed by atoms with E-state index in [9.17, 15) is 4.39 Å². The van der Waals surface area contributed by atoms with E-state index < -0.39 is 5.82 Å². The number of hydrogen-bond donors (Lipinski definition) is 0. The number of halogens is 2. The van der Waals surface area contributed by atoms with Crippen molar-refractivity contribution in [2.45, 2.75) is 26.7 Å². The second kappa shape index (κ2) is 5.75. The summed E-state index contributed by atoms with van der Waals surface area (Å²) in [6.45, 7) is 5.71. The van der Waals surface area contributed by atoms with E-state index in [2.05, 4.69) is 9.97 Å². The molecular formula is C15H16ClFN2O. The van der Waals surface area contributed by atoms with Crippen molar-refractivity contribution in [3.63, 3.8) is 0 Å². The third kappa shape index (κ3) is 2.61. The molecule has 5 heteroatoms. The van der Waals surface area contributed by atoms with Crippen LogP contribution in [0, 0.1) is 12.7 Å². The molecule has 1 aromatic carbocycles. The molecular weight excluding hydrogens is 279 g/mol. The molecule has 1 aromatic heterocycles. The molecule has 0 saturated heterocycles. The average Bonchev–Trinajstić information content (AvgIpc) is 2.42. The van der Waals surface area contributed by atoms with Gasteiger partial charge in [0.05, 0.1) is 12.8 Å². The second-order valence-corrected chi connectivity index (χ2v) is 5.18. The molecule has 0 amide bonds. The molecule has 106 valence electrons. The zero-order chi connectivity index (χ0) is 14.9. The Morgan fingerprint density at radius 2 is 1.95 bits per heavy atom. The van der Waals surface area contributed by atoms with E-state index in [4.69, 9.17) is 16.3 Å². The minimum absolute atomic E-state index is 0.112. The number of nitrogens with zero attached hydrogens (tertiary/aromatic N) is 2. The van der Waals surface area contributed by atoms with E-state index in [1.165, 1.54) is 7.11 Å². The van der Waals surface area contributed by atoms with Crippen LogP contribution in [0.1, 0.15) is 31.2 Å². The summed E-state index contributed by atoms with van der Waals surface area (Å²) in [4.78, 5) is 8.68. The maximum Gasteiger partial charge on any atom is 0.174 e. The van der Waals surface area contributed by atoms with Crippen molar-refractivity contribution in [1.29, 1.82) is 0 Å². The maximum atomic E-state index is 14.4. The Hall–Kier alpha value is -1.68. The lowest BCUT2D eigenvalue weighted by molar-refractivity contribution is 0.387. The summed E-state index contributed by atoms with van der Waals surface area (Å²) in [5.74, 6) is 0.448. The number of rotatable bonds is 3. The molecule has 1 heterocycles. The molecule has 2 aromatic rings. The third-order valence-electron chi connectivity index (χ3n) is 3.06. The predicted octanol–water partition coefficient (Wildman–Crippen LogP) is 4.38. The first-order valence-electron chi connectivity index (χ1n) is 6.32. The first-order valence-corrected chi connectivity index (χ1v) is 6.70. The Morgan fingerprint density at radius 1 is 1.25 bits per heavy atom. The Labute approximate surface area is 122 Å². The van der Waals surface area contributed by atoms with Crippen molar-refractivity contribution in [2.24, 2.45) is 0 Å². The number of hydrogen-bond acceptors (Lipinski definition) is 3. The van der Waals surface area contributed by atoms with E-state index >= 15 is 0 Å². The van der Waals surface area contributed by atoms with Crippen LogP contribution in [0.25, 0.3) is 11.3 Å². The fourth-order valence-corrected chi connectivity index (χ4v) is 2.05. The highest BCUT2D eigenvalue weighted by Gasteiger charge is 2.18. The number of ether oxygens (including phenoxy) is 1. The van der Waals surface area contributed by atoms with E-state index in [1.54, 1.807) is 25.1 Å². The number of benzene rings is 1. The van der Waals surface area contributed by atoms with Gasteiger partial charge in [-0.05, 0) is 19.1 Å². The molecule has 0 radical (unpaired) electrons. The maximum absolute atomic E-state index is 14.4. The van der Waals surface area contributed by atoms with Crippen LogP contribution in [0.2, 0.25) is 5.15 Å². The van der Waals surface area contributed by atoms with Gasteiger partial charge in [-0.2, -0.15) is 0 Å². The minimum atomic E-state index is -0.442. The fourth-order valence-electron chi connectivity index (χ4n) is 1.88. The van der Waals surface area contributed by atoms with Crippen molar-refractivity contribution >= 4 is 11.6 Å². The van der Waals surface area contributed by atoms with E-state index in [0.717, 1.165) is 0 Å². The molecule has 0 spiro atoms. The predicted molar refractivity (Wildman–Crippen MR) is 77.8 cm³/mol. The Balaban J connectivity index is 2.69. The molecule has 20 heavy (non-hydrogen) atoms. The minimum Gasteiger partial charge on any atom is -0.494 e. The Bertz CT molecular complexity index is 644. The summed E-state index contributed by atoms with van der Waals surface area (Å²) in [5, 5.41) is 0.348. The van der Waals surface area contributed by atoms with Gasteiger partial charge in [0.1, 0.15) is 11.0 Å². The summed E-state index contributed by atoms with van der Waals surface area (Å²) in [6, 6.07) is 4.95. The van der Waals surface area contributed by atoms with Crippen LogP contribution in [0.3, 0.4) is 0 Å². The quantitative estimate of drug-likeness (QED) is 0.788. The van der Waals surface area contributed by atoms with Crippen molar-refractivity contribution in [2.75, 3.05) is 7.11 Å². The van der Waals surface area contributed by atoms with Gasteiger partial charge in [-0.1, -0.05) is 31.5 Å². The van der Waals surface area contributed by atoms with Crippen molar-refractivity contribution < 1.29 is 9.13 Å². The second-order valence-electron chi connectivity index (χ2n) is 4.82. The first-order chi connectivity index (χ1) is 9.45. The zero-order valence-electron chi connectivity index (χ0n) is 11.9. The van der Waals surface area contributed by atoms with E-state index in [1.807, 2.05) is 13.8 Å². The summed E-state index contributed by atoms with van der Waals surface area (Å²) in [7, 11) is 1.43. The first kappa shape index (κ1) is 14.7. The highest BCUT2D eigenvalue weighted by molar-refractivity contribution is 6.30. The van der Waals surface area contributed by atoms with Crippen LogP contribution in [-0.2, 0) is 0 Å². The van der Waals surface area contributed by atoms with Crippen LogP contribution in [0.4, 0.5) is 4.39 Å². The number of methoxy groups -OCH3 is 1. The van der Waals surface area contributed by atoms with Crippen LogP contribution in [0.5, 0.6) is 5.75 Å². The average molecular weight is 295 g/mol. The van der Waals surface area contributed by atoms with Gasteiger partial charge >= 0.3 is 0 Å². The lowest BCUT2D eigenvalue weighted by atomic mass is 10.1. The van der Waals surface area contributed by atoms with Crippen LogP contribution >= 0.6 is 11.6 Å². The third-order valence-corrected chi connectivity index (χ3v) is 3.43. The smallest absolute Gasteiger partial charge is 0.174 e. The Kier molecular flexibility index (Phi) is 4.23. The van der Waals surface area contributed by atoms with Gasteiger partial charge in [-0.15, -0.1) is 0 Å². The SMILES string of the molecule is COc1cccc(-c2nc(C(C)C)nc(Cl)c2C)c1F. The molecule has 0 aliphatic heterocycles. The standard InChI is InChI=1S/C15H16ClFN2O/c1-8(2)15-18-13(9(3)14(16)19-15)10-6-5-7-11(20-4)12(10)17/h5-8H,1-4H3. The molecule has 0 fully saturated rings. The van der Waals surface area contributed by atoms with Gasteiger partial charge in [0.25, 0.3) is 0 Å². The highest BCUT2D eigenvalue weighted by atomic mass is 35.5. The molecule has 0 aliphatic rings. The van der Waals surface area contributed by atoms with Gasteiger partial charge in [-0.3, -0.25) is 0 Å². The van der Waals surface area contributed by atoms with Crippen molar-refractivity contribution in [1.82, 2.24) is 9.97 Å². The molecule has 0 aliphatic carbocycles. The van der Waals surface area contributed by atoms with Gasteiger partial charge < -0.3 is 4.74 Å².